The number of hydrogen-bond acceptors (Lipinski definition) is 0. The SMILES string of the molecule is Cc1c(C)c(C)c([SiH2])c(C)c1C.[C-]1=CC=CC1.[CH2-]CCCC.[Cl-].[Cl-].[Cl-].[Ti+3]. The normalized spacial score (nSPS) is 9.85. The van der Waals surface area contributed by atoms with Crippen molar-refractivity contribution < 1.29 is 58.9 Å². The van der Waals surface area contributed by atoms with Gasteiger partial charge >= 0.3 is 21.7 Å². The molecule has 0 bridgehead atoms. The van der Waals surface area contributed by atoms with Crippen molar-refractivity contribution in [2.24, 2.45) is 0 Å². The van der Waals surface area contributed by atoms with Crippen LogP contribution in [-0.4, -0.2) is 10.2 Å². The third kappa shape index (κ3) is 13.6. The Balaban J connectivity index is -0.0000000900. The molecule has 0 amide bonds. The molecule has 1 aliphatic rings. The summed E-state index contributed by atoms with van der Waals surface area (Å²) in [5.41, 5.74) is 7.31. The first-order valence-electron chi connectivity index (χ1n) is 8.28. The molecular weight excluding hydrogens is 435 g/mol. The number of allylic oxidation sites excluding steroid dienone is 4. The smallest absolute Gasteiger partial charge is 1.00 e. The van der Waals surface area contributed by atoms with Crippen LogP contribution in [0, 0.1) is 47.6 Å². The maximum absolute atomic E-state index is 3.68. The Kier molecular flexibility index (Phi) is 31.3. The van der Waals surface area contributed by atoms with Gasteiger partial charge in [-0.3, -0.25) is 6.08 Å². The van der Waals surface area contributed by atoms with Crippen molar-refractivity contribution in [2.75, 3.05) is 0 Å². The molecule has 0 atom stereocenters. The zero-order valence-corrected chi connectivity index (χ0v) is 22.4. The fraction of sp³-hybridized carbons (Fsp3) is 0.476. The first-order valence-corrected chi connectivity index (χ1v) is 8.98. The Bertz CT molecular complexity index is 409. The molecule has 0 N–H and O–H groups in total. The molecule has 0 nitrogen and oxygen atoms in total. The summed E-state index contributed by atoms with van der Waals surface area (Å²) in [4.78, 5) is 0. The standard InChI is InChI=1S/C11H17Si.C5H5.C5H11.3ClH.Ti/c1-6-7(2)9(4)11(12)10(5)8(6)3;1-2-4-5-3-1;1-3-5-4-2;;;;/h12H2,1-5H3;1-3H,4H2;1,3-5H2,2H3;3*1H;/q;2*-1;;;;+3/p-3. The van der Waals surface area contributed by atoms with Gasteiger partial charge in [0.15, 0.2) is 0 Å². The van der Waals surface area contributed by atoms with Crippen LogP contribution in [0.25, 0.3) is 0 Å². The number of hydrogen-bond donors (Lipinski definition) is 0. The average Bonchev–Trinajstić information content (AvgIpc) is 3.10. The second-order valence-corrected chi connectivity index (χ2v) is 6.52. The van der Waals surface area contributed by atoms with Crippen LogP contribution in [0.2, 0.25) is 0 Å². The quantitative estimate of drug-likeness (QED) is 0.306. The summed E-state index contributed by atoms with van der Waals surface area (Å²) in [6, 6.07) is 0. The molecule has 1 aromatic rings. The van der Waals surface area contributed by atoms with Crippen LogP contribution in [0.3, 0.4) is 0 Å². The Morgan fingerprint density at radius 1 is 0.923 bits per heavy atom. The molecule has 0 saturated heterocycles. The summed E-state index contributed by atoms with van der Waals surface area (Å²) in [5, 5.41) is 1.48. The molecule has 1 aliphatic carbocycles. The largest absolute Gasteiger partial charge is 3.00 e. The third-order valence-corrected chi connectivity index (χ3v) is 5.41. The van der Waals surface area contributed by atoms with E-state index in [0.717, 1.165) is 12.8 Å². The van der Waals surface area contributed by atoms with Crippen molar-refractivity contribution in [1.82, 2.24) is 0 Å². The molecule has 148 valence electrons. The van der Waals surface area contributed by atoms with Crippen LogP contribution in [0.15, 0.2) is 18.2 Å². The van der Waals surface area contributed by atoms with Crippen molar-refractivity contribution in [2.45, 2.75) is 67.2 Å². The van der Waals surface area contributed by atoms with Gasteiger partial charge in [-0.2, -0.15) is 12.5 Å². The molecule has 5 heteroatoms. The van der Waals surface area contributed by atoms with Gasteiger partial charge in [-0.05, 0) is 62.4 Å². The van der Waals surface area contributed by atoms with Crippen molar-refractivity contribution in [1.29, 1.82) is 0 Å². The van der Waals surface area contributed by atoms with E-state index in [1.807, 2.05) is 22.4 Å². The van der Waals surface area contributed by atoms with Crippen molar-refractivity contribution in [3.8, 4) is 0 Å². The second-order valence-electron chi connectivity index (χ2n) is 5.81. The van der Waals surface area contributed by atoms with E-state index in [9.17, 15) is 0 Å². The molecule has 0 heterocycles. The zero-order chi connectivity index (χ0) is 17.1. The number of unbranched alkanes of at least 4 members (excludes halogenated alkanes) is 2. The van der Waals surface area contributed by atoms with Crippen LogP contribution >= 0.6 is 0 Å². The van der Waals surface area contributed by atoms with Crippen molar-refractivity contribution in [3.63, 3.8) is 0 Å². The summed E-state index contributed by atoms with van der Waals surface area (Å²) >= 11 is 0. The van der Waals surface area contributed by atoms with E-state index in [4.69, 9.17) is 0 Å². The third-order valence-electron chi connectivity index (χ3n) is 4.34. The molecule has 0 unspecified atom stereocenters. The molecule has 0 aromatic heterocycles. The minimum Gasteiger partial charge on any atom is -1.00 e. The molecule has 1 aromatic carbocycles. The van der Waals surface area contributed by atoms with Gasteiger partial charge in [0.1, 0.15) is 0 Å². The van der Waals surface area contributed by atoms with Gasteiger partial charge in [0.25, 0.3) is 0 Å². The molecule has 26 heavy (non-hydrogen) atoms. The van der Waals surface area contributed by atoms with Gasteiger partial charge < -0.3 is 44.1 Å². The van der Waals surface area contributed by atoms with E-state index in [-0.39, 0.29) is 58.9 Å². The molecular formula is C21H33Cl3SiTi-2. The minimum absolute atomic E-state index is 0. The molecule has 0 aliphatic heterocycles. The molecule has 0 fully saturated rings. The average molecular weight is 468 g/mol. The predicted octanol–water partition coefficient (Wildman–Crippen LogP) is -4.19. The van der Waals surface area contributed by atoms with E-state index in [2.05, 4.69) is 60.6 Å². The number of benzene rings is 1. The summed E-state index contributed by atoms with van der Waals surface area (Å²) < 4.78 is 0. The minimum atomic E-state index is 0. The maximum Gasteiger partial charge on any atom is 3.00 e. The Morgan fingerprint density at radius 3 is 1.54 bits per heavy atom. The van der Waals surface area contributed by atoms with Gasteiger partial charge in [-0.1, -0.05) is 25.0 Å². The summed E-state index contributed by atoms with van der Waals surface area (Å²) in [6.45, 7) is 16.9. The van der Waals surface area contributed by atoms with Crippen LogP contribution in [-0.2, 0) is 21.7 Å². The van der Waals surface area contributed by atoms with E-state index < -0.39 is 0 Å². The number of rotatable bonds is 2. The summed E-state index contributed by atoms with van der Waals surface area (Å²) in [6.07, 6.45) is 13.7. The van der Waals surface area contributed by atoms with Gasteiger partial charge in [0.2, 0.25) is 0 Å². The van der Waals surface area contributed by atoms with E-state index in [1.54, 1.807) is 0 Å². The Morgan fingerprint density at radius 2 is 1.35 bits per heavy atom. The van der Waals surface area contributed by atoms with Gasteiger partial charge in [-0.25, -0.2) is 12.2 Å². The maximum atomic E-state index is 3.68. The fourth-order valence-corrected chi connectivity index (χ4v) is 2.70. The monoisotopic (exact) mass is 466 g/mol. The summed E-state index contributed by atoms with van der Waals surface area (Å²) in [5.74, 6) is 0. The number of halogens is 3. The van der Waals surface area contributed by atoms with Crippen LogP contribution in [0.4, 0.5) is 0 Å². The van der Waals surface area contributed by atoms with Crippen LogP contribution < -0.4 is 42.4 Å². The Labute approximate surface area is 199 Å². The topological polar surface area (TPSA) is 0 Å². The summed E-state index contributed by atoms with van der Waals surface area (Å²) in [7, 11) is 2.00. The van der Waals surface area contributed by atoms with Gasteiger partial charge in [0.05, 0.1) is 0 Å². The zero-order valence-electron chi connectivity index (χ0n) is 17.1. The predicted molar refractivity (Wildman–Crippen MR) is 105 cm³/mol. The van der Waals surface area contributed by atoms with E-state index in [1.165, 1.54) is 45.8 Å². The Hall–Kier alpha value is 0.501. The van der Waals surface area contributed by atoms with Gasteiger partial charge in [-0.15, -0.1) is 6.42 Å². The van der Waals surface area contributed by atoms with Gasteiger partial charge in [0, 0.05) is 10.2 Å². The van der Waals surface area contributed by atoms with Crippen LogP contribution in [0.5, 0.6) is 0 Å². The van der Waals surface area contributed by atoms with Crippen molar-refractivity contribution >= 4 is 15.4 Å². The second kappa shape index (κ2) is 21.8. The molecule has 0 spiro atoms. The molecule has 2 radical (unpaired) electrons. The first-order chi connectivity index (χ1) is 10.4. The first kappa shape index (κ1) is 37.3. The fourth-order valence-electron chi connectivity index (χ4n) is 2.17. The van der Waals surface area contributed by atoms with Crippen molar-refractivity contribution in [3.05, 3.63) is 59.0 Å². The molecule has 2 rings (SSSR count). The molecule has 0 saturated carbocycles. The van der Waals surface area contributed by atoms with E-state index >= 15 is 0 Å². The van der Waals surface area contributed by atoms with Crippen LogP contribution in [0.1, 0.15) is 60.4 Å². The van der Waals surface area contributed by atoms with E-state index in [0.29, 0.717) is 0 Å².